The number of halogens is 2. The van der Waals surface area contributed by atoms with E-state index in [0.29, 0.717) is 28.2 Å². The van der Waals surface area contributed by atoms with E-state index >= 15 is 0 Å². The van der Waals surface area contributed by atoms with Gasteiger partial charge in [-0.05, 0) is 49.8 Å². The van der Waals surface area contributed by atoms with Crippen molar-refractivity contribution >= 4 is 46.2 Å². The first-order chi connectivity index (χ1) is 12.8. The van der Waals surface area contributed by atoms with Gasteiger partial charge in [0.15, 0.2) is 5.11 Å². The summed E-state index contributed by atoms with van der Waals surface area (Å²) in [4.78, 5) is 0. The zero-order chi connectivity index (χ0) is 19.6. The van der Waals surface area contributed by atoms with E-state index < -0.39 is 0 Å². The molecule has 3 rings (SSSR count). The topological polar surface area (TPSA) is 59.7 Å². The number of nitrogens with zero attached hydrogens (tertiary/aromatic N) is 4. The number of anilines is 1. The maximum atomic E-state index is 6.11. The van der Waals surface area contributed by atoms with E-state index in [0.717, 1.165) is 28.3 Å². The zero-order valence-electron chi connectivity index (χ0n) is 15.3. The van der Waals surface area contributed by atoms with Crippen LogP contribution in [0.4, 0.5) is 5.69 Å². The van der Waals surface area contributed by atoms with E-state index in [9.17, 15) is 0 Å². The summed E-state index contributed by atoms with van der Waals surface area (Å²) in [6, 6.07) is 7.53. The van der Waals surface area contributed by atoms with Gasteiger partial charge in [-0.15, -0.1) is 0 Å². The van der Waals surface area contributed by atoms with Crippen LogP contribution in [-0.4, -0.2) is 24.7 Å². The number of thiocarbonyl (C=S) groups is 1. The van der Waals surface area contributed by atoms with E-state index in [4.69, 9.17) is 35.4 Å². The second kappa shape index (κ2) is 8.29. The molecule has 0 unspecified atom stereocenters. The number of hydrogen-bond acceptors (Lipinski definition) is 3. The number of aryl methyl sites for hydroxylation is 2. The second-order valence-electron chi connectivity index (χ2n) is 6.24. The minimum absolute atomic E-state index is 0.529. The monoisotopic (exact) mass is 422 g/mol. The summed E-state index contributed by atoms with van der Waals surface area (Å²) < 4.78 is 3.67. The third kappa shape index (κ3) is 4.80. The molecule has 27 heavy (non-hydrogen) atoms. The van der Waals surface area contributed by atoms with Crippen LogP contribution in [0.1, 0.15) is 22.6 Å². The maximum absolute atomic E-state index is 6.11. The third-order valence-corrected chi connectivity index (χ3v) is 5.12. The fourth-order valence-electron chi connectivity index (χ4n) is 2.73. The first-order valence-corrected chi connectivity index (χ1v) is 9.51. The van der Waals surface area contributed by atoms with Crippen molar-refractivity contribution in [2.24, 2.45) is 7.05 Å². The normalized spacial score (nSPS) is 10.9. The van der Waals surface area contributed by atoms with Crippen molar-refractivity contribution in [1.82, 2.24) is 24.9 Å². The summed E-state index contributed by atoms with van der Waals surface area (Å²) in [5.41, 5.74) is 4.70. The van der Waals surface area contributed by atoms with Crippen LogP contribution in [0, 0.1) is 13.8 Å². The van der Waals surface area contributed by atoms with Crippen LogP contribution in [0.3, 0.4) is 0 Å². The summed E-state index contributed by atoms with van der Waals surface area (Å²) in [5.74, 6) is 0. The Morgan fingerprint density at radius 3 is 2.59 bits per heavy atom. The first-order valence-electron chi connectivity index (χ1n) is 8.35. The number of aromatic nitrogens is 4. The molecule has 0 saturated heterocycles. The molecule has 2 aromatic heterocycles. The van der Waals surface area contributed by atoms with E-state index in [1.807, 2.05) is 50.0 Å². The Balaban J connectivity index is 1.67. The standard InChI is InChI=1S/C18H20Cl2N6S/c1-11-17(22-18(27)21-9-14-6-7-25(3)24-14)12(2)26(23-11)10-13-4-5-15(19)16(20)8-13/h4-8H,9-10H2,1-3H3,(H2,21,22,27). The predicted octanol–water partition coefficient (Wildman–Crippen LogP) is 4.08. The summed E-state index contributed by atoms with van der Waals surface area (Å²) in [6.45, 7) is 5.10. The zero-order valence-corrected chi connectivity index (χ0v) is 17.6. The summed E-state index contributed by atoms with van der Waals surface area (Å²) >= 11 is 17.5. The molecule has 2 heterocycles. The Hall–Kier alpha value is -2.09. The van der Waals surface area contributed by atoms with Crippen molar-refractivity contribution < 1.29 is 0 Å². The number of nitrogens with one attached hydrogen (secondary N) is 2. The van der Waals surface area contributed by atoms with Crippen molar-refractivity contribution in [2.75, 3.05) is 5.32 Å². The fourth-order valence-corrected chi connectivity index (χ4v) is 3.22. The van der Waals surface area contributed by atoms with Gasteiger partial charge in [-0.3, -0.25) is 9.36 Å². The smallest absolute Gasteiger partial charge is 0.171 e. The highest BCUT2D eigenvalue weighted by molar-refractivity contribution is 7.80. The van der Waals surface area contributed by atoms with Crippen LogP contribution in [0.25, 0.3) is 0 Å². The van der Waals surface area contributed by atoms with Crippen LogP contribution in [0.15, 0.2) is 30.5 Å². The van der Waals surface area contributed by atoms with Gasteiger partial charge in [-0.1, -0.05) is 29.3 Å². The van der Waals surface area contributed by atoms with Gasteiger partial charge < -0.3 is 10.6 Å². The van der Waals surface area contributed by atoms with Crippen molar-refractivity contribution in [2.45, 2.75) is 26.9 Å². The molecule has 0 saturated carbocycles. The number of benzene rings is 1. The van der Waals surface area contributed by atoms with Gasteiger partial charge in [0.2, 0.25) is 0 Å². The molecular weight excluding hydrogens is 403 g/mol. The average molecular weight is 423 g/mol. The molecule has 1 aromatic carbocycles. The molecule has 0 bridgehead atoms. The Labute approximate surface area is 173 Å². The van der Waals surface area contributed by atoms with E-state index in [-0.39, 0.29) is 0 Å². The Morgan fingerprint density at radius 2 is 1.93 bits per heavy atom. The number of rotatable bonds is 5. The van der Waals surface area contributed by atoms with Crippen LogP contribution in [0.2, 0.25) is 10.0 Å². The molecule has 0 amide bonds. The summed E-state index contributed by atoms with van der Waals surface area (Å²) in [7, 11) is 1.88. The third-order valence-electron chi connectivity index (χ3n) is 4.14. The van der Waals surface area contributed by atoms with Gasteiger partial charge in [0.05, 0.1) is 45.9 Å². The van der Waals surface area contributed by atoms with Crippen molar-refractivity contribution in [3.8, 4) is 0 Å². The SMILES string of the molecule is Cc1nn(Cc2ccc(Cl)c(Cl)c2)c(C)c1NC(=S)NCc1ccn(C)n1. The molecule has 0 spiro atoms. The van der Waals surface area contributed by atoms with Crippen molar-refractivity contribution in [3.05, 3.63) is 63.2 Å². The quantitative estimate of drug-likeness (QED) is 0.606. The number of hydrogen-bond donors (Lipinski definition) is 2. The van der Waals surface area contributed by atoms with Gasteiger partial charge in [0.25, 0.3) is 0 Å². The first kappa shape index (κ1) is 19.7. The van der Waals surface area contributed by atoms with Gasteiger partial charge >= 0.3 is 0 Å². The van der Waals surface area contributed by atoms with Crippen LogP contribution in [-0.2, 0) is 20.1 Å². The van der Waals surface area contributed by atoms with Crippen LogP contribution in [0.5, 0.6) is 0 Å². The van der Waals surface area contributed by atoms with Gasteiger partial charge in [-0.2, -0.15) is 10.2 Å². The average Bonchev–Trinajstić information content (AvgIpc) is 3.15. The van der Waals surface area contributed by atoms with Crippen molar-refractivity contribution in [3.63, 3.8) is 0 Å². The lowest BCUT2D eigenvalue weighted by Gasteiger charge is -2.10. The van der Waals surface area contributed by atoms with Crippen molar-refractivity contribution in [1.29, 1.82) is 0 Å². The molecule has 0 atom stereocenters. The summed E-state index contributed by atoms with van der Waals surface area (Å²) in [6.07, 6.45) is 1.90. The summed E-state index contributed by atoms with van der Waals surface area (Å²) in [5, 5.41) is 16.9. The molecule has 0 radical (unpaired) electrons. The van der Waals surface area contributed by atoms with Crippen LogP contribution >= 0.6 is 35.4 Å². The molecular formula is C18H20Cl2N6S. The lowest BCUT2D eigenvalue weighted by atomic mass is 10.2. The lowest BCUT2D eigenvalue weighted by molar-refractivity contribution is 0.659. The highest BCUT2D eigenvalue weighted by Crippen LogP contribution is 2.25. The van der Waals surface area contributed by atoms with Gasteiger partial charge in [-0.25, -0.2) is 0 Å². The molecule has 0 fully saturated rings. The Bertz CT molecular complexity index is 978. The second-order valence-corrected chi connectivity index (χ2v) is 7.46. The molecule has 6 nitrogen and oxygen atoms in total. The minimum Gasteiger partial charge on any atom is -0.357 e. The van der Waals surface area contributed by atoms with E-state index in [1.54, 1.807) is 10.7 Å². The maximum Gasteiger partial charge on any atom is 0.171 e. The molecule has 142 valence electrons. The minimum atomic E-state index is 0.529. The largest absolute Gasteiger partial charge is 0.357 e. The lowest BCUT2D eigenvalue weighted by Crippen LogP contribution is -2.28. The molecule has 0 aliphatic carbocycles. The van der Waals surface area contributed by atoms with Crippen LogP contribution < -0.4 is 10.6 Å². The van der Waals surface area contributed by atoms with E-state index in [2.05, 4.69) is 20.8 Å². The predicted molar refractivity (Wildman–Crippen MR) is 114 cm³/mol. The molecule has 2 N–H and O–H groups in total. The fraction of sp³-hybridized carbons (Fsp3) is 0.278. The van der Waals surface area contributed by atoms with Gasteiger partial charge in [0.1, 0.15) is 0 Å². The highest BCUT2D eigenvalue weighted by Gasteiger charge is 2.13. The molecule has 9 heteroatoms. The van der Waals surface area contributed by atoms with Gasteiger partial charge in [0, 0.05) is 13.2 Å². The molecule has 0 aliphatic heterocycles. The molecule has 0 aliphatic rings. The Kier molecular flexibility index (Phi) is 6.04. The molecule has 3 aromatic rings. The Morgan fingerprint density at radius 1 is 1.15 bits per heavy atom. The van der Waals surface area contributed by atoms with E-state index in [1.165, 1.54) is 0 Å². The highest BCUT2D eigenvalue weighted by atomic mass is 35.5.